The van der Waals surface area contributed by atoms with Crippen LogP contribution in [0.5, 0.6) is 0 Å². The zero-order valence-corrected chi connectivity index (χ0v) is 15.7. The molecule has 0 saturated heterocycles. The first-order valence-electron chi connectivity index (χ1n) is 8.88. The molecular formula is C20H18N4O2S. The lowest BCUT2D eigenvalue weighted by molar-refractivity contribution is -0.115. The normalized spacial score (nSPS) is 13.2. The molecule has 136 valence electrons. The highest BCUT2D eigenvalue weighted by Gasteiger charge is 2.22. The fourth-order valence-corrected chi connectivity index (χ4v) is 4.86. The number of nitrogens with one attached hydrogen (secondary N) is 1. The Balaban J connectivity index is 1.64. The van der Waals surface area contributed by atoms with E-state index in [1.165, 1.54) is 20.9 Å². The minimum atomic E-state index is -0.235. The van der Waals surface area contributed by atoms with Gasteiger partial charge in [-0.3, -0.25) is 9.59 Å². The Labute approximate surface area is 160 Å². The summed E-state index contributed by atoms with van der Waals surface area (Å²) in [5.41, 5.74) is 2.05. The van der Waals surface area contributed by atoms with Crippen molar-refractivity contribution in [1.29, 1.82) is 5.26 Å². The Morgan fingerprint density at radius 1 is 1.30 bits per heavy atom. The van der Waals surface area contributed by atoms with Crippen LogP contribution in [0.2, 0.25) is 0 Å². The maximum Gasteiger partial charge on any atom is 0.274 e. The third-order valence-electron chi connectivity index (χ3n) is 4.90. The summed E-state index contributed by atoms with van der Waals surface area (Å²) in [7, 11) is 1.58. The van der Waals surface area contributed by atoms with E-state index in [-0.39, 0.29) is 17.9 Å². The number of hydrogen-bond acceptors (Lipinski definition) is 5. The van der Waals surface area contributed by atoms with Crippen LogP contribution >= 0.6 is 11.3 Å². The average molecular weight is 378 g/mol. The van der Waals surface area contributed by atoms with Crippen LogP contribution < -0.4 is 10.9 Å². The number of aromatic nitrogens is 2. The highest BCUT2D eigenvalue weighted by Crippen LogP contribution is 2.37. The number of benzene rings is 1. The first kappa shape index (κ1) is 17.4. The maximum absolute atomic E-state index is 12.7. The molecule has 7 heteroatoms. The Hall–Kier alpha value is -2.98. The molecule has 2 heterocycles. The second kappa shape index (κ2) is 6.97. The zero-order valence-electron chi connectivity index (χ0n) is 14.9. The van der Waals surface area contributed by atoms with Gasteiger partial charge in [0.05, 0.1) is 23.1 Å². The standard InChI is InChI=1S/C20H18N4O2S/c1-24-20(26)14-8-3-2-6-12(14)16(23-24)10-18(25)22-19-15(11-21)13-7-4-5-9-17(13)27-19/h2-3,6,8H,4-5,7,9-10H2,1H3,(H,22,25). The zero-order chi connectivity index (χ0) is 19.0. The molecule has 0 aliphatic heterocycles. The van der Waals surface area contributed by atoms with E-state index in [1.807, 2.05) is 6.07 Å². The number of carbonyl (C=O) groups excluding carboxylic acids is 1. The molecule has 1 N–H and O–H groups in total. The average Bonchev–Trinajstić information content (AvgIpc) is 3.02. The van der Waals surface area contributed by atoms with E-state index in [9.17, 15) is 14.9 Å². The van der Waals surface area contributed by atoms with Crippen molar-refractivity contribution >= 4 is 33.0 Å². The Morgan fingerprint density at radius 2 is 2.04 bits per heavy atom. The molecule has 0 fully saturated rings. The molecule has 1 amide bonds. The van der Waals surface area contributed by atoms with Crippen LogP contribution in [0.3, 0.4) is 0 Å². The van der Waals surface area contributed by atoms with Gasteiger partial charge in [-0.05, 0) is 37.3 Å². The van der Waals surface area contributed by atoms with Gasteiger partial charge in [0, 0.05) is 17.3 Å². The van der Waals surface area contributed by atoms with Gasteiger partial charge in [0.15, 0.2) is 0 Å². The van der Waals surface area contributed by atoms with E-state index < -0.39 is 0 Å². The Kier molecular flexibility index (Phi) is 4.50. The summed E-state index contributed by atoms with van der Waals surface area (Å²) in [6.45, 7) is 0. The van der Waals surface area contributed by atoms with E-state index in [0.717, 1.165) is 31.2 Å². The number of nitriles is 1. The van der Waals surface area contributed by atoms with Crippen LogP contribution in [0.1, 0.15) is 34.5 Å². The van der Waals surface area contributed by atoms with Gasteiger partial charge >= 0.3 is 0 Å². The molecule has 3 aromatic rings. The molecule has 2 aromatic heterocycles. The quantitative estimate of drug-likeness (QED) is 0.759. The Bertz CT molecular complexity index is 1150. The summed E-state index contributed by atoms with van der Waals surface area (Å²) in [6, 6.07) is 9.41. The first-order chi connectivity index (χ1) is 13.1. The lowest BCUT2D eigenvalue weighted by Gasteiger charge is -2.09. The smallest absolute Gasteiger partial charge is 0.274 e. The molecule has 1 aliphatic carbocycles. The van der Waals surface area contributed by atoms with E-state index in [0.29, 0.717) is 27.0 Å². The predicted octanol–water partition coefficient (Wildman–Crippen LogP) is 2.93. The van der Waals surface area contributed by atoms with Crippen molar-refractivity contribution in [2.75, 3.05) is 5.32 Å². The fourth-order valence-electron chi connectivity index (χ4n) is 3.60. The van der Waals surface area contributed by atoms with Crippen molar-refractivity contribution in [3.8, 4) is 6.07 Å². The summed E-state index contributed by atoms with van der Waals surface area (Å²) >= 11 is 1.50. The molecule has 1 aromatic carbocycles. The number of hydrogen-bond donors (Lipinski definition) is 1. The highest BCUT2D eigenvalue weighted by molar-refractivity contribution is 7.16. The molecule has 0 unspecified atom stereocenters. The van der Waals surface area contributed by atoms with Crippen LogP contribution in [0, 0.1) is 11.3 Å². The van der Waals surface area contributed by atoms with Crippen LogP contribution in [-0.4, -0.2) is 15.7 Å². The molecular weight excluding hydrogens is 360 g/mol. The van der Waals surface area contributed by atoms with Crippen molar-refractivity contribution in [3.05, 3.63) is 56.3 Å². The number of rotatable bonds is 3. The second-order valence-electron chi connectivity index (χ2n) is 6.67. The minimum absolute atomic E-state index is 0.0437. The minimum Gasteiger partial charge on any atom is -0.316 e. The van der Waals surface area contributed by atoms with E-state index in [1.54, 1.807) is 25.2 Å². The molecule has 0 bridgehead atoms. The van der Waals surface area contributed by atoms with Gasteiger partial charge in [0.1, 0.15) is 11.1 Å². The summed E-state index contributed by atoms with van der Waals surface area (Å²) in [5.74, 6) is -0.235. The van der Waals surface area contributed by atoms with Gasteiger partial charge < -0.3 is 5.32 Å². The lowest BCUT2D eigenvalue weighted by atomic mass is 9.96. The molecule has 0 radical (unpaired) electrons. The van der Waals surface area contributed by atoms with E-state index in [2.05, 4.69) is 16.5 Å². The largest absolute Gasteiger partial charge is 0.316 e. The molecule has 0 spiro atoms. The molecule has 6 nitrogen and oxygen atoms in total. The van der Waals surface area contributed by atoms with Gasteiger partial charge in [0.2, 0.25) is 5.91 Å². The second-order valence-corrected chi connectivity index (χ2v) is 7.78. The van der Waals surface area contributed by atoms with Crippen LogP contribution in [-0.2, 0) is 31.1 Å². The predicted molar refractivity (Wildman–Crippen MR) is 105 cm³/mol. The number of carbonyl (C=O) groups is 1. The molecule has 27 heavy (non-hydrogen) atoms. The van der Waals surface area contributed by atoms with Gasteiger partial charge in [-0.2, -0.15) is 10.4 Å². The molecule has 1 aliphatic rings. The summed E-state index contributed by atoms with van der Waals surface area (Å²) < 4.78 is 1.26. The monoisotopic (exact) mass is 378 g/mol. The molecule has 4 rings (SSSR count). The number of anilines is 1. The van der Waals surface area contributed by atoms with Gasteiger partial charge in [-0.1, -0.05) is 18.2 Å². The first-order valence-corrected chi connectivity index (χ1v) is 9.69. The third-order valence-corrected chi connectivity index (χ3v) is 6.10. The summed E-state index contributed by atoms with van der Waals surface area (Å²) in [6.07, 6.45) is 4.12. The van der Waals surface area contributed by atoms with Crippen molar-refractivity contribution in [2.24, 2.45) is 7.05 Å². The van der Waals surface area contributed by atoms with Gasteiger partial charge in [0.25, 0.3) is 5.56 Å². The number of fused-ring (bicyclic) bond motifs is 2. The van der Waals surface area contributed by atoms with Gasteiger partial charge in [-0.25, -0.2) is 4.68 Å². The van der Waals surface area contributed by atoms with E-state index in [4.69, 9.17) is 0 Å². The third kappa shape index (κ3) is 3.13. The Morgan fingerprint density at radius 3 is 2.81 bits per heavy atom. The molecule has 0 atom stereocenters. The SMILES string of the molecule is Cn1nc(CC(=O)Nc2sc3c(c2C#N)CCCC3)c2ccccc2c1=O. The topological polar surface area (TPSA) is 87.8 Å². The highest BCUT2D eigenvalue weighted by atomic mass is 32.1. The number of aryl methyl sites for hydroxylation is 2. The summed E-state index contributed by atoms with van der Waals surface area (Å²) in [4.78, 5) is 26.1. The van der Waals surface area contributed by atoms with Crippen molar-refractivity contribution in [2.45, 2.75) is 32.1 Å². The van der Waals surface area contributed by atoms with Crippen LogP contribution in [0.15, 0.2) is 29.1 Å². The lowest BCUT2D eigenvalue weighted by Crippen LogP contribution is -2.24. The van der Waals surface area contributed by atoms with Crippen molar-refractivity contribution < 1.29 is 4.79 Å². The van der Waals surface area contributed by atoms with Crippen LogP contribution in [0.25, 0.3) is 10.8 Å². The van der Waals surface area contributed by atoms with Crippen molar-refractivity contribution in [1.82, 2.24) is 9.78 Å². The molecule has 0 saturated carbocycles. The van der Waals surface area contributed by atoms with E-state index >= 15 is 0 Å². The van der Waals surface area contributed by atoms with Crippen molar-refractivity contribution in [3.63, 3.8) is 0 Å². The van der Waals surface area contributed by atoms with Gasteiger partial charge in [-0.15, -0.1) is 11.3 Å². The van der Waals surface area contributed by atoms with Crippen LogP contribution in [0.4, 0.5) is 5.00 Å². The number of nitrogens with zero attached hydrogens (tertiary/aromatic N) is 3. The fraction of sp³-hybridized carbons (Fsp3) is 0.300. The summed E-state index contributed by atoms with van der Waals surface area (Å²) in [5, 5.41) is 18.6. The number of thiophene rings is 1. The number of amides is 1. The maximum atomic E-state index is 12.7.